The van der Waals surface area contributed by atoms with Gasteiger partial charge < -0.3 is 20.5 Å². The zero-order valence-corrected chi connectivity index (χ0v) is 17.5. The molecular formula is C23H30N2O4. The molecule has 0 fully saturated rings. The summed E-state index contributed by atoms with van der Waals surface area (Å²) in [6.45, 7) is 8.28. The van der Waals surface area contributed by atoms with Crippen LogP contribution in [0.4, 0.5) is 5.69 Å². The van der Waals surface area contributed by atoms with Crippen LogP contribution in [0.25, 0.3) is 0 Å². The van der Waals surface area contributed by atoms with Crippen LogP contribution >= 0.6 is 0 Å². The molecule has 0 aliphatic rings. The lowest BCUT2D eigenvalue weighted by Crippen LogP contribution is -2.26. The third kappa shape index (κ3) is 6.32. The van der Waals surface area contributed by atoms with E-state index in [0.29, 0.717) is 11.3 Å². The lowest BCUT2D eigenvalue weighted by Gasteiger charge is -2.20. The first-order valence-electron chi connectivity index (χ1n) is 9.88. The van der Waals surface area contributed by atoms with Crippen molar-refractivity contribution >= 4 is 17.5 Å². The smallest absolute Gasteiger partial charge is 0.262 e. The second-order valence-corrected chi connectivity index (χ2v) is 7.47. The van der Waals surface area contributed by atoms with Crippen molar-refractivity contribution < 1.29 is 19.4 Å². The van der Waals surface area contributed by atoms with Gasteiger partial charge in [0.2, 0.25) is 0 Å². The van der Waals surface area contributed by atoms with E-state index in [4.69, 9.17) is 9.84 Å². The standard InChI is InChI=1S/C23H30N2O4/c1-15(2)19-9-6-10-20(16(3)4)22(19)25-21(27)14-29-18-8-5-7-17(13-18)23(28)24-11-12-26/h5-10,13,15-16,26H,11-12,14H2,1-4H3,(H,24,28)(H,25,27). The van der Waals surface area contributed by atoms with Crippen molar-refractivity contribution in [3.8, 4) is 5.75 Å². The number of hydrogen-bond donors (Lipinski definition) is 3. The van der Waals surface area contributed by atoms with Crippen LogP contribution in [-0.4, -0.2) is 36.7 Å². The summed E-state index contributed by atoms with van der Waals surface area (Å²) < 4.78 is 5.59. The Morgan fingerprint density at radius 2 is 1.62 bits per heavy atom. The topological polar surface area (TPSA) is 87.7 Å². The molecule has 0 bridgehead atoms. The number of hydrogen-bond acceptors (Lipinski definition) is 4. The van der Waals surface area contributed by atoms with Gasteiger partial charge in [0.1, 0.15) is 5.75 Å². The molecule has 0 saturated carbocycles. The number of aliphatic hydroxyl groups is 1. The fraction of sp³-hybridized carbons (Fsp3) is 0.391. The van der Waals surface area contributed by atoms with Gasteiger partial charge in [-0.2, -0.15) is 0 Å². The predicted molar refractivity (Wildman–Crippen MR) is 115 cm³/mol. The minimum absolute atomic E-state index is 0.127. The molecule has 2 amide bonds. The predicted octanol–water partition coefficient (Wildman–Crippen LogP) is 3.67. The van der Waals surface area contributed by atoms with Gasteiger partial charge in [0.25, 0.3) is 11.8 Å². The highest BCUT2D eigenvalue weighted by molar-refractivity contribution is 5.95. The maximum atomic E-state index is 12.6. The second kappa shape index (κ2) is 10.6. The van der Waals surface area contributed by atoms with Crippen molar-refractivity contribution in [1.82, 2.24) is 5.32 Å². The maximum Gasteiger partial charge on any atom is 0.262 e. The zero-order valence-electron chi connectivity index (χ0n) is 17.5. The highest BCUT2D eigenvalue weighted by atomic mass is 16.5. The molecule has 0 radical (unpaired) electrons. The molecule has 0 atom stereocenters. The van der Waals surface area contributed by atoms with E-state index in [2.05, 4.69) is 38.3 Å². The van der Waals surface area contributed by atoms with Crippen molar-refractivity contribution in [2.45, 2.75) is 39.5 Å². The number of benzene rings is 2. The highest BCUT2D eigenvalue weighted by Crippen LogP contribution is 2.32. The third-order valence-corrected chi connectivity index (χ3v) is 4.50. The van der Waals surface area contributed by atoms with Crippen LogP contribution in [0.5, 0.6) is 5.75 Å². The lowest BCUT2D eigenvalue weighted by molar-refractivity contribution is -0.118. The van der Waals surface area contributed by atoms with Crippen LogP contribution in [0.1, 0.15) is 61.0 Å². The number of nitrogens with one attached hydrogen (secondary N) is 2. The number of ether oxygens (including phenoxy) is 1. The largest absolute Gasteiger partial charge is 0.484 e. The number of carbonyl (C=O) groups excluding carboxylic acids is 2. The molecule has 0 heterocycles. The number of carbonyl (C=O) groups is 2. The zero-order chi connectivity index (χ0) is 21.4. The second-order valence-electron chi connectivity index (χ2n) is 7.47. The fourth-order valence-corrected chi connectivity index (χ4v) is 3.02. The summed E-state index contributed by atoms with van der Waals surface area (Å²) in [5.41, 5.74) is 3.44. The summed E-state index contributed by atoms with van der Waals surface area (Å²) in [6, 6.07) is 12.7. The fourth-order valence-electron chi connectivity index (χ4n) is 3.02. The first kappa shape index (κ1) is 22.4. The van der Waals surface area contributed by atoms with Gasteiger partial charge in [-0.3, -0.25) is 9.59 Å². The molecule has 0 spiro atoms. The summed E-state index contributed by atoms with van der Waals surface area (Å²) in [4.78, 5) is 24.5. The Morgan fingerprint density at radius 3 is 2.21 bits per heavy atom. The summed E-state index contributed by atoms with van der Waals surface area (Å²) in [5, 5.41) is 14.4. The molecule has 0 aromatic heterocycles. The average Bonchev–Trinajstić information content (AvgIpc) is 2.70. The maximum absolute atomic E-state index is 12.6. The number of amides is 2. The average molecular weight is 399 g/mol. The molecule has 0 aliphatic carbocycles. The lowest BCUT2D eigenvalue weighted by atomic mass is 9.92. The van der Waals surface area contributed by atoms with E-state index in [0.717, 1.165) is 16.8 Å². The molecule has 6 heteroatoms. The minimum Gasteiger partial charge on any atom is -0.484 e. The monoisotopic (exact) mass is 398 g/mol. The number of rotatable bonds is 9. The molecule has 2 aromatic rings. The van der Waals surface area contributed by atoms with Crippen LogP contribution < -0.4 is 15.4 Å². The summed E-state index contributed by atoms with van der Waals surface area (Å²) in [7, 11) is 0. The molecular weight excluding hydrogens is 368 g/mol. The number of anilines is 1. The molecule has 6 nitrogen and oxygen atoms in total. The SMILES string of the molecule is CC(C)c1cccc(C(C)C)c1NC(=O)COc1cccc(C(=O)NCCO)c1. The Bertz CT molecular complexity index is 820. The quantitative estimate of drug-likeness (QED) is 0.601. The number of para-hydroxylation sites is 1. The third-order valence-electron chi connectivity index (χ3n) is 4.50. The van der Waals surface area contributed by atoms with Crippen molar-refractivity contribution in [2.24, 2.45) is 0 Å². The van der Waals surface area contributed by atoms with Crippen LogP contribution in [0.3, 0.4) is 0 Å². The minimum atomic E-state index is -0.304. The molecule has 156 valence electrons. The molecule has 2 rings (SSSR count). The Kier molecular flexibility index (Phi) is 8.21. The Balaban J connectivity index is 2.07. The van der Waals surface area contributed by atoms with Gasteiger partial charge in [0.15, 0.2) is 6.61 Å². The Morgan fingerprint density at radius 1 is 1.00 bits per heavy atom. The van der Waals surface area contributed by atoms with Crippen molar-refractivity contribution in [1.29, 1.82) is 0 Å². The van der Waals surface area contributed by atoms with Crippen LogP contribution in [0.15, 0.2) is 42.5 Å². The van der Waals surface area contributed by atoms with Gasteiger partial charge in [-0.25, -0.2) is 0 Å². The summed E-state index contributed by atoms with van der Waals surface area (Å²) in [5.74, 6) is 0.424. The Hall–Kier alpha value is -2.86. The Labute approximate surface area is 172 Å². The molecule has 3 N–H and O–H groups in total. The first-order valence-corrected chi connectivity index (χ1v) is 9.88. The van der Waals surface area contributed by atoms with Crippen molar-refractivity contribution in [3.05, 3.63) is 59.2 Å². The van der Waals surface area contributed by atoms with E-state index in [1.54, 1.807) is 24.3 Å². The van der Waals surface area contributed by atoms with E-state index in [1.165, 1.54) is 0 Å². The first-order chi connectivity index (χ1) is 13.8. The van der Waals surface area contributed by atoms with Crippen molar-refractivity contribution in [2.75, 3.05) is 25.1 Å². The van der Waals surface area contributed by atoms with E-state index >= 15 is 0 Å². The van der Waals surface area contributed by atoms with Gasteiger partial charge >= 0.3 is 0 Å². The van der Waals surface area contributed by atoms with E-state index in [-0.39, 0.29) is 43.4 Å². The van der Waals surface area contributed by atoms with Gasteiger partial charge in [-0.1, -0.05) is 52.0 Å². The van der Waals surface area contributed by atoms with Crippen LogP contribution in [0, 0.1) is 0 Å². The van der Waals surface area contributed by atoms with Gasteiger partial charge in [0.05, 0.1) is 6.61 Å². The van der Waals surface area contributed by atoms with E-state index in [1.807, 2.05) is 18.2 Å². The normalized spacial score (nSPS) is 10.9. The van der Waals surface area contributed by atoms with Gasteiger partial charge in [0, 0.05) is 17.8 Å². The molecule has 0 unspecified atom stereocenters. The van der Waals surface area contributed by atoms with Crippen LogP contribution in [0.2, 0.25) is 0 Å². The highest BCUT2D eigenvalue weighted by Gasteiger charge is 2.16. The van der Waals surface area contributed by atoms with Crippen molar-refractivity contribution in [3.63, 3.8) is 0 Å². The summed E-state index contributed by atoms with van der Waals surface area (Å²) >= 11 is 0. The van der Waals surface area contributed by atoms with Gasteiger partial charge in [-0.05, 0) is 41.2 Å². The summed E-state index contributed by atoms with van der Waals surface area (Å²) in [6.07, 6.45) is 0. The number of aliphatic hydroxyl groups excluding tert-OH is 1. The molecule has 0 saturated heterocycles. The van der Waals surface area contributed by atoms with Gasteiger partial charge in [-0.15, -0.1) is 0 Å². The molecule has 2 aromatic carbocycles. The molecule has 29 heavy (non-hydrogen) atoms. The van der Waals surface area contributed by atoms with Crippen LogP contribution in [-0.2, 0) is 4.79 Å². The van der Waals surface area contributed by atoms with E-state index < -0.39 is 0 Å². The molecule has 0 aliphatic heterocycles. The van der Waals surface area contributed by atoms with E-state index in [9.17, 15) is 9.59 Å².